The van der Waals surface area contributed by atoms with Gasteiger partial charge in [-0.3, -0.25) is 4.79 Å². The zero-order chi connectivity index (χ0) is 15.2. The maximum absolute atomic E-state index is 13.5. The third-order valence-corrected chi connectivity index (χ3v) is 3.05. The van der Waals surface area contributed by atoms with Crippen molar-refractivity contribution in [3.63, 3.8) is 0 Å². The van der Waals surface area contributed by atoms with Crippen LogP contribution in [0.1, 0.15) is 21.5 Å². The van der Waals surface area contributed by atoms with E-state index in [1.807, 2.05) is 12.1 Å². The van der Waals surface area contributed by atoms with E-state index in [1.165, 1.54) is 18.2 Å². The number of nitriles is 1. The Morgan fingerprint density at radius 2 is 2.00 bits per heavy atom. The maximum atomic E-state index is 13.5. The summed E-state index contributed by atoms with van der Waals surface area (Å²) in [5.41, 5.74) is 6.78. The summed E-state index contributed by atoms with van der Waals surface area (Å²) in [5.74, 6) is -1.05. The zero-order valence-corrected chi connectivity index (χ0v) is 11.3. The molecule has 0 bridgehead atoms. The van der Waals surface area contributed by atoms with Crippen LogP contribution in [0.4, 0.5) is 10.1 Å². The molecule has 4 nitrogen and oxygen atoms in total. The highest BCUT2D eigenvalue weighted by Crippen LogP contribution is 2.19. The number of carbonyl (C=O) groups excluding carboxylic acids is 1. The summed E-state index contributed by atoms with van der Waals surface area (Å²) in [6.45, 7) is 0.424. The van der Waals surface area contributed by atoms with Crippen molar-refractivity contribution in [2.45, 2.75) is 6.42 Å². The summed E-state index contributed by atoms with van der Waals surface area (Å²) in [4.78, 5) is 12.3. The molecule has 0 radical (unpaired) electrons. The van der Waals surface area contributed by atoms with E-state index in [2.05, 4.69) is 5.32 Å². The SMILES string of the molecule is N#Cc1c(F)cccc1NC(=O)c1ccccc1CCN. The minimum atomic E-state index is -0.662. The van der Waals surface area contributed by atoms with Crippen LogP contribution in [0.15, 0.2) is 42.5 Å². The van der Waals surface area contributed by atoms with Crippen LogP contribution in [0.5, 0.6) is 0 Å². The first kappa shape index (κ1) is 14.7. The van der Waals surface area contributed by atoms with Crippen LogP contribution < -0.4 is 11.1 Å². The van der Waals surface area contributed by atoms with E-state index in [0.717, 1.165) is 5.56 Å². The number of nitrogens with one attached hydrogen (secondary N) is 1. The third-order valence-electron chi connectivity index (χ3n) is 3.05. The van der Waals surface area contributed by atoms with Crippen LogP contribution in [0.2, 0.25) is 0 Å². The Balaban J connectivity index is 2.31. The van der Waals surface area contributed by atoms with E-state index < -0.39 is 5.82 Å². The Morgan fingerprint density at radius 1 is 1.24 bits per heavy atom. The molecule has 106 valence electrons. The Hall–Kier alpha value is -2.71. The Labute approximate surface area is 122 Å². The molecule has 0 aliphatic carbocycles. The van der Waals surface area contributed by atoms with Crippen LogP contribution >= 0.6 is 0 Å². The molecule has 5 heteroatoms. The summed E-state index contributed by atoms with van der Waals surface area (Å²) in [6, 6.07) is 12.9. The second kappa shape index (κ2) is 6.64. The van der Waals surface area contributed by atoms with E-state index in [0.29, 0.717) is 18.5 Å². The second-order valence-corrected chi connectivity index (χ2v) is 4.42. The number of anilines is 1. The number of nitrogens with zero attached hydrogens (tertiary/aromatic N) is 1. The number of carbonyl (C=O) groups is 1. The molecule has 0 unspecified atom stereocenters. The van der Waals surface area contributed by atoms with Crippen molar-refractivity contribution >= 4 is 11.6 Å². The average Bonchev–Trinajstić information content (AvgIpc) is 2.48. The molecule has 2 aromatic carbocycles. The highest BCUT2D eigenvalue weighted by atomic mass is 19.1. The van der Waals surface area contributed by atoms with Crippen molar-refractivity contribution in [2.24, 2.45) is 5.73 Å². The lowest BCUT2D eigenvalue weighted by molar-refractivity contribution is 0.102. The largest absolute Gasteiger partial charge is 0.330 e. The highest BCUT2D eigenvalue weighted by Gasteiger charge is 2.14. The maximum Gasteiger partial charge on any atom is 0.255 e. The molecule has 0 aliphatic heterocycles. The summed E-state index contributed by atoms with van der Waals surface area (Å²) < 4.78 is 13.5. The molecule has 0 aliphatic rings. The molecule has 1 amide bonds. The molecule has 0 saturated heterocycles. The molecule has 0 saturated carbocycles. The van der Waals surface area contributed by atoms with E-state index in [-0.39, 0.29) is 17.2 Å². The van der Waals surface area contributed by atoms with E-state index in [9.17, 15) is 9.18 Å². The van der Waals surface area contributed by atoms with Gasteiger partial charge in [-0.1, -0.05) is 24.3 Å². The van der Waals surface area contributed by atoms with Crippen LogP contribution in [0.25, 0.3) is 0 Å². The number of hydrogen-bond donors (Lipinski definition) is 2. The van der Waals surface area contributed by atoms with Gasteiger partial charge < -0.3 is 11.1 Å². The lowest BCUT2D eigenvalue weighted by Crippen LogP contribution is -2.16. The number of rotatable bonds is 4. The summed E-state index contributed by atoms with van der Waals surface area (Å²) in [7, 11) is 0. The molecule has 2 aromatic rings. The first-order valence-corrected chi connectivity index (χ1v) is 6.45. The fourth-order valence-corrected chi connectivity index (χ4v) is 2.05. The molecular weight excluding hydrogens is 269 g/mol. The molecule has 0 heterocycles. The molecule has 0 aromatic heterocycles. The topological polar surface area (TPSA) is 78.9 Å². The van der Waals surface area contributed by atoms with Crippen molar-refractivity contribution in [3.8, 4) is 6.07 Å². The van der Waals surface area contributed by atoms with Gasteiger partial charge in [-0.05, 0) is 36.7 Å². The minimum Gasteiger partial charge on any atom is -0.330 e. The number of benzene rings is 2. The van der Waals surface area contributed by atoms with E-state index in [4.69, 9.17) is 11.0 Å². The second-order valence-electron chi connectivity index (χ2n) is 4.42. The monoisotopic (exact) mass is 283 g/mol. The van der Waals surface area contributed by atoms with Gasteiger partial charge in [-0.25, -0.2) is 4.39 Å². The molecule has 0 fully saturated rings. The molecule has 2 rings (SSSR count). The minimum absolute atomic E-state index is 0.157. The molecule has 21 heavy (non-hydrogen) atoms. The van der Waals surface area contributed by atoms with Gasteiger partial charge in [0.25, 0.3) is 5.91 Å². The normalized spacial score (nSPS) is 9.95. The van der Waals surface area contributed by atoms with Crippen molar-refractivity contribution in [1.29, 1.82) is 5.26 Å². The summed E-state index contributed by atoms with van der Waals surface area (Å²) in [5, 5.41) is 11.5. The predicted molar refractivity (Wildman–Crippen MR) is 78.3 cm³/mol. The van der Waals surface area contributed by atoms with Gasteiger partial charge in [-0.2, -0.15) is 5.26 Å². The van der Waals surface area contributed by atoms with Gasteiger partial charge in [0.15, 0.2) is 0 Å². The number of amides is 1. The Kier molecular flexibility index (Phi) is 4.64. The fourth-order valence-electron chi connectivity index (χ4n) is 2.05. The first-order valence-electron chi connectivity index (χ1n) is 6.45. The van der Waals surface area contributed by atoms with Crippen molar-refractivity contribution < 1.29 is 9.18 Å². The number of halogens is 1. The standard InChI is InChI=1S/C16H14FN3O/c17-14-6-3-7-15(13(14)10-19)20-16(21)12-5-2-1-4-11(12)8-9-18/h1-7H,8-9,18H2,(H,20,21). The van der Waals surface area contributed by atoms with Gasteiger partial charge in [0.1, 0.15) is 17.4 Å². The lowest BCUT2D eigenvalue weighted by Gasteiger charge is -2.10. The van der Waals surface area contributed by atoms with E-state index >= 15 is 0 Å². The summed E-state index contributed by atoms with van der Waals surface area (Å²) >= 11 is 0. The van der Waals surface area contributed by atoms with Gasteiger partial charge in [0.05, 0.1) is 5.69 Å². The van der Waals surface area contributed by atoms with Crippen LogP contribution in [-0.2, 0) is 6.42 Å². The third kappa shape index (κ3) is 3.25. The lowest BCUT2D eigenvalue weighted by atomic mass is 10.0. The number of hydrogen-bond acceptors (Lipinski definition) is 3. The van der Waals surface area contributed by atoms with Crippen LogP contribution in [-0.4, -0.2) is 12.5 Å². The Bertz CT molecular complexity index is 707. The predicted octanol–water partition coefficient (Wildman–Crippen LogP) is 2.45. The highest BCUT2D eigenvalue weighted by molar-refractivity contribution is 6.05. The quantitative estimate of drug-likeness (QED) is 0.904. The molecule has 0 spiro atoms. The van der Waals surface area contributed by atoms with Crippen molar-refractivity contribution in [2.75, 3.05) is 11.9 Å². The fraction of sp³-hybridized carbons (Fsp3) is 0.125. The zero-order valence-electron chi connectivity index (χ0n) is 11.3. The van der Waals surface area contributed by atoms with Gasteiger partial charge in [-0.15, -0.1) is 0 Å². The van der Waals surface area contributed by atoms with Crippen molar-refractivity contribution in [3.05, 3.63) is 65.0 Å². The van der Waals surface area contributed by atoms with E-state index in [1.54, 1.807) is 18.2 Å². The molecular formula is C16H14FN3O. The molecule has 0 atom stereocenters. The van der Waals surface area contributed by atoms with Crippen molar-refractivity contribution in [1.82, 2.24) is 0 Å². The van der Waals surface area contributed by atoms with Gasteiger partial charge in [0, 0.05) is 5.56 Å². The Morgan fingerprint density at radius 3 is 2.71 bits per heavy atom. The van der Waals surface area contributed by atoms with Crippen LogP contribution in [0.3, 0.4) is 0 Å². The first-order chi connectivity index (χ1) is 10.2. The summed E-state index contributed by atoms with van der Waals surface area (Å²) in [6.07, 6.45) is 0.567. The molecule has 3 N–H and O–H groups in total. The average molecular weight is 283 g/mol. The van der Waals surface area contributed by atoms with Gasteiger partial charge in [0.2, 0.25) is 0 Å². The van der Waals surface area contributed by atoms with Crippen LogP contribution in [0, 0.1) is 17.1 Å². The smallest absolute Gasteiger partial charge is 0.255 e. The number of nitrogens with two attached hydrogens (primary N) is 1. The van der Waals surface area contributed by atoms with Gasteiger partial charge >= 0.3 is 0 Å².